The van der Waals surface area contributed by atoms with Crippen molar-refractivity contribution < 1.29 is 19.2 Å². The number of carbonyl (C=O) groups is 2. The van der Waals surface area contributed by atoms with Gasteiger partial charge in [-0.3, -0.25) is 9.59 Å². The fraction of sp³-hybridized carbons (Fsp3) is 0.385. The Kier molecular flexibility index (Phi) is 5.32. The van der Waals surface area contributed by atoms with Gasteiger partial charge in [0.1, 0.15) is 5.75 Å². The predicted octanol–water partition coefficient (Wildman–Crippen LogP) is -0.978. The Labute approximate surface area is 112 Å². The molecule has 4 N–H and O–H groups in total. The number of likely N-dealkylation sites (N-methyl/N-ethyl adjacent to an activating group) is 1. The zero-order chi connectivity index (χ0) is 14.4. The van der Waals surface area contributed by atoms with E-state index in [1.807, 2.05) is 0 Å². The summed E-state index contributed by atoms with van der Waals surface area (Å²) in [6.45, 7) is 1.87. The molecule has 0 aromatic heterocycles. The summed E-state index contributed by atoms with van der Waals surface area (Å²) >= 11 is 0. The van der Waals surface area contributed by atoms with Crippen LogP contribution in [0, 0.1) is 0 Å². The highest BCUT2D eigenvalue weighted by Crippen LogP contribution is 2.14. The van der Waals surface area contributed by atoms with Crippen LogP contribution in [0.5, 0.6) is 5.75 Å². The van der Waals surface area contributed by atoms with E-state index in [9.17, 15) is 9.59 Å². The van der Waals surface area contributed by atoms with Gasteiger partial charge in [0.15, 0.2) is 12.6 Å². The molecule has 0 aliphatic rings. The summed E-state index contributed by atoms with van der Waals surface area (Å²) in [5.74, 6) is 0.133. The van der Waals surface area contributed by atoms with Gasteiger partial charge in [0.05, 0.1) is 14.2 Å². The van der Waals surface area contributed by atoms with Crippen molar-refractivity contribution in [1.29, 1.82) is 0 Å². The summed E-state index contributed by atoms with van der Waals surface area (Å²) in [7, 11) is 3.33. The molecule has 0 fully saturated rings. The van der Waals surface area contributed by atoms with E-state index in [1.54, 1.807) is 45.3 Å². The summed E-state index contributed by atoms with van der Waals surface area (Å²) in [4.78, 5) is 23.5. The molecule has 0 saturated heterocycles. The molecule has 6 nitrogen and oxygen atoms in total. The van der Waals surface area contributed by atoms with Gasteiger partial charge in [-0.2, -0.15) is 0 Å². The third-order valence-electron chi connectivity index (χ3n) is 2.98. The number of hydrogen-bond donors (Lipinski definition) is 3. The van der Waals surface area contributed by atoms with Gasteiger partial charge in [0.25, 0.3) is 11.8 Å². The molecule has 104 valence electrons. The monoisotopic (exact) mass is 266 g/mol. The molecule has 6 heteroatoms. The van der Waals surface area contributed by atoms with Crippen LogP contribution < -0.4 is 20.7 Å². The van der Waals surface area contributed by atoms with E-state index in [0.717, 1.165) is 10.6 Å². The minimum Gasteiger partial charge on any atom is -0.497 e. The number of ether oxygens (including phenoxy) is 1. The molecule has 1 aromatic rings. The topological polar surface area (TPSA) is 85.9 Å². The Morgan fingerprint density at radius 2 is 1.95 bits per heavy atom. The van der Waals surface area contributed by atoms with Crippen LogP contribution in [0.1, 0.15) is 6.92 Å². The minimum atomic E-state index is -0.422. The summed E-state index contributed by atoms with van der Waals surface area (Å²) in [5.41, 5.74) is 5.88. The van der Waals surface area contributed by atoms with Gasteiger partial charge >= 0.3 is 0 Å². The van der Waals surface area contributed by atoms with Gasteiger partial charge < -0.3 is 20.7 Å². The van der Waals surface area contributed by atoms with Crippen LogP contribution in [0.2, 0.25) is 0 Å². The maximum Gasteiger partial charge on any atom is 0.279 e. The zero-order valence-electron chi connectivity index (χ0n) is 11.4. The number of rotatable bonds is 6. The number of nitrogens with two attached hydrogens (primary N) is 1. The van der Waals surface area contributed by atoms with Crippen LogP contribution >= 0.6 is 0 Å². The van der Waals surface area contributed by atoms with Gasteiger partial charge in [0.2, 0.25) is 0 Å². The number of quaternary nitrogens is 1. The van der Waals surface area contributed by atoms with Gasteiger partial charge in [-0.05, 0) is 31.2 Å². The Balaban J connectivity index is 2.52. The van der Waals surface area contributed by atoms with Crippen LogP contribution in [-0.2, 0) is 9.59 Å². The SMILES string of the molecule is COc1ccc(NC(=O)C[NH+](C)[C@H](C)C(N)=O)cc1. The summed E-state index contributed by atoms with van der Waals surface area (Å²) in [5, 5.41) is 2.75. The van der Waals surface area contributed by atoms with Gasteiger partial charge in [0, 0.05) is 5.69 Å². The van der Waals surface area contributed by atoms with Crippen LogP contribution in [0.3, 0.4) is 0 Å². The second-order valence-electron chi connectivity index (χ2n) is 4.42. The van der Waals surface area contributed by atoms with Crippen molar-refractivity contribution in [1.82, 2.24) is 0 Å². The molecule has 0 heterocycles. The first-order chi connectivity index (χ1) is 8.93. The number of anilines is 1. The molecule has 19 heavy (non-hydrogen) atoms. The molecule has 1 unspecified atom stereocenters. The van der Waals surface area contributed by atoms with Crippen molar-refractivity contribution >= 4 is 17.5 Å². The standard InChI is InChI=1S/C13H19N3O3/c1-9(13(14)18)16(2)8-12(17)15-10-4-6-11(19-3)7-5-10/h4-7,9H,8H2,1-3H3,(H2,14,18)(H,15,17)/p+1/t9-/m1/s1. The van der Waals surface area contributed by atoms with Crippen LogP contribution in [-0.4, -0.2) is 38.6 Å². The molecule has 1 rings (SSSR count). The highest BCUT2D eigenvalue weighted by Gasteiger charge is 2.21. The molecule has 2 amide bonds. The fourth-order valence-electron chi connectivity index (χ4n) is 1.53. The normalized spacial score (nSPS) is 13.4. The number of carbonyl (C=O) groups excluding carboxylic acids is 2. The van der Waals surface area contributed by atoms with Crippen molar-refractivity contribution in [3.63, 3.8) is 0 Å². The molecule has 0 radical (unpaired) electrons. The maximum absolute atomic E-state index is 11.8. The van der Waals surface area contributed by atoms with Crippen molar-refractivity contribution in [2.45, 2.75) is 13.0 Å². The van der Waals surface area contributed by atoms with Crippen LogP contribution in [0.15, 0.2) is 24.3 Å². The number of primary amides is 1. The number of hydrogen-bond acceptors (Lipinski definition) is 3. The summed E-state index contributed by atoms with van der Waals surface area (Å²) < 4.78 is 5.03. The average molecular weight is 266 g/mol. The van der Waals surface area contributed by atoms with E-state index in [1.165, 1.54) is 0 Å². The Morgan fingerprint density at radius 3 is 2.42 bits per heavy atom. The van der Waals surface area contributed by atoms with Gasteiger partial charge in [-0.25, -0.2) is 0 Å². The quantitative estimate of drug-likeness (QED) is 0.619. The Morgan fingerprint density at radius 1 is 1.37 bits per heavy atom. The predicted molar refractivity (Wildman–Crippen MR) is 72.0 cm³/mol. The molecule has 0 bridgehead atoms. The average Bonchev–Trinajstić information content (AvgIpc) is 2.38. The van der Waals surface area contributed by atoms with Crippen molar-refractivity contribution in [3.05, 3.63) is 24.3 Å². The minimum absolute atomic E-state index is 0.171. The lowest BCUT2D eigenvalue weighted by atomic mass is 10.2. The van der Waals surface area contributed by atoms with Crippen molar-refractivity contribution in [2.24, 2.45) is 5.73 Å². The van der Waals surface area contributed by atoms with Crippen LogP contribution in [0.4, 0.5) is 5.69 Å². The lowest BCUT2D eigenvalue weighted by Crippen LogP contribution is -3.15. The van der Waals surface area contributed by atoms with E-state index in [-0.39, 0.29) is 12.5 Å². The second kappa shape index (κ2) is 6.75. The van der Waals surface area contributed by atoms with E-state index in [2.05, 4.69) is 5.32 Å². The van der Waals surface area contributed by atoms with Crippen molar-refractivity contribution in [3.8, 4) is 5.75 Å². The summed E-state index contributed by atoms with van der Waals surface area (Å²) in [6.07, 6.45) is 0. The first-order valence-electron chi connectivity index (χ1n) is 5.99. The number of amides is 2. The smallest absolute Gasteiger partial charge is 0.279 e. The fourth-order valence-corrected chi connectivity index (χ4v) is 1.53. The van der Waals surface area contributed by atoms with Crippen molar-refractivity contribution in [2.75, 3.05) is 26.0 Å². The Bertz CT molecular complexity index is 445. The van der Waals surface area contributed by atoms with Gasteiger partial charge in [-0.15, -0.1) is 0 Å². The van der Waals surface area contributed by atoms with E-state index >= 15 is 0 Å². The van der Waals surface area contributed by atoms with E-state index < -0.39 is 11.9 Å². The molecular formula is C13H20N3O3+. The number of methoxy groups -OCH3 is 1. The first-order valence-corrected chi connectivity index (χ1v) is 5.99. The molecule has 0 aliphatic carbocycles. The molecule has 0 saturated carbocycles. The third kappa shape index (κ3) is 4.59. The van der Waals surface area contributed by atoms with E-state index in [0.29, 0.717) is 5.69 Å². The highest BCUT2D eigenvalue weighted by molar-refractivity contribution is 5.91. The second-order valence-corrected chi connectivity index (χ2v) is 4.42. The summed E-state index contributed by atoms with van der Waals surface area (Å²) in [6, 6.07) is 6.63. The largest absolute Gasteiger partial charge is 0.497 e. The van der Waals surface area contributed by atoms with Crippen LogP contribution in [0.25, 0.3) is 0 Å². The molecular weight excluding hydrogens is 246 g/mol. The lowest BCUT2D eigenvalue weighted by Gasteiger charge is -2.18. The first kappa shape index (κ1) is 15.0. The maximum atomic E-state index is 11.8. The molecule has 0 spiro atoms. The molecule has 0 aliphatic heterocycles. The molecule has 2 atom stereocenters. The highest BCUT2D eigenvalue weighted by atomic mass is 16.5. The number of benzene rings is 1. The third-order valence-corrected chi connectivity index (χ3v) is 2.98. The molecule has 1 aromatic carbocycles. The van der Waals surface area contributed by atoms with E-state index in [4.69, 9.17) is 10.5 Å². The number of nitrogens with one attached hydrogen (secondary N) is 2. The lowest BCUT2D eigenvalue weighted by molar-refractivity contribution is -0.885. The zero-order valence-corrected chi connectivity index (χ0v) is 11.4. The Hall–Kier alpha value is -2.08. The van der Waals surface area contributed by atoms with Gasteiger partial charge in [-0.1, -0.05) is 0 Å².